The molecule has 32 heavy (non-hydrogen) atoms. The Balaban J connectivity index is 2.53. The molecule has 1 amide bonds. The third-order valence-corrected chi connectivity index (χ3v) is 8.21. The number of hydrogen-bond acceptors (Lipinski definition) is 3. The first-order valence-corrected chi connectivity index (χ1v) is 13.4. The average Bonchev–Trinajstić information content (AvgIpc) is 2.71. The summed E-state index contributed by atoms with van der Waals surface area (Å²) >= 11 is -1.16. The number of carbonyl (C=O) groups excluding carboxylic acids is 1. The molecule has 184 valence electrons. The Bertz CT molecular complexity index is 630. The molecule has 6 atom stereocenters. The smallest absolute Gasteiger partial charge is 0.223 e. The molecule has 5 heteroatoms. The monoisotopic (exact) mass is 464 g/mol. The molecule has 1 saturated carbocycles. The zero-order valence-electron chi connectivity index (χ0n) is 21.6. The number of allylic oxidation sites excluding steroid dienone is 1. The van der Waals surface area contributed by atoms with Gasteiger partial charge in [0.1, 0.15) is 4.75 Å². The lowest BCUT2D eigenvalue weighted by Crippen LogP contribution is -2.44. The van der Waals surface area contributed by atoms with Crippen LogP contribution in [0, 0.1) is 23.7 Å². The first kappa shape index (κ1) is 29.0. The highest BCUT2D eigenvalue weighted by Gasteiger charge is 2.29. The number of carbonyl (C=O) groups is 1. The molecule has 0 aliphatic heterocycles. The summed E-state index contributed by atoms with van der Waals surface area (Å²) in [5.41, 5.74) is 1.45. The van der Waals surface area contributed by atoms with Gasteiger partial charge in [0, 0.05) is 17.3 Å². The second-order valence-corrected chi connectivity index (χ2v) is 13.0. The van der Waals surface area contributed by atoms with Crippen LogP contribution in [0.1, 0.15) is 87.0 Å². The van der Waals surface area contributed by atoms with Crippen molar-refractivity contribution < 1.29 is 9.35 Å². The van der Waals surface area contributed by atoms with Crippen LogP contribution in [0.3, 0.4) is 0 Å². The first-order valence-electron chi connectivity index (χ1n) is 12.3. The quantitative estimate of drug-likeness (QED) is 0.271. The van der Waals surface area contributed by atoms with Crippen LogP contribution in [-0.2, 0) is 16.2 Å². The van der Waals surface area contributed by atoms with Crippen LogP contribution >= 0.6 is 0 Å². The SMILES string of the molecule is C=CC(C/C=C(\C)C1CC(C)CC(C)C1)NC(=O)C(C)CCC(C=C)N[S+]([O-])C(C)(C)C. The van der Waals surface area contributed by atoms with Gasteiger partial charge in [-0.15, -0.1) is 17.9 Å². The van der Waals surface area contributed by atoms with Gasteiger partial charge in [0.25, 0.3) is 0 Å². The predicted molar refractivity (Wildman–Crippen MR) is 140 cm³/mol. The van der Waals surface area contributed by atoms with Gasteiger partial charge in [-0.25, -0.2) is 0 Å². The third-order valence-electron chi connectivity index (χ3n) is 6.59. The number of rotatable bonds is 12. The molecule has 4 nitrogen and oxygen atoms in total. The van der Waals surface area contributed by atoms with E-state index in [0.29, 0.717) is 12.3 Å². The molecule has 2 N–H and O–H groups in total. The minimum atomic E-state index is -1.16. The maximum atomic E-state index is 12.7. The molecule has 0 spiro atoms. The minimum Gasteiger partial charge on any atom is -0.598 e. The number of hydrogen-bond donors (Lipinski definition) is 2. The van der Waals surface area contributed by atoms with E-state index in [-0.39, 0.29) is 28.7 Å². The van der Waals surface area contributed by atoms with Crippen molar-refractivity contribution in [2.75, 3.05) is 0 Å². The van der Waals surface area contributed by atoms with Gasteiger partial charge in [-0.1, -0.05) is 44.6 Å². The van der Waals surface area contributed by atoms with Crippen LogP contribution in [0.4, 0.5) is 0 Å². The maximum absolute atomic E-state index is 12.7. The molecule has 1 fully saturated rings. The Labute approximate surface area is 201 Å². The van der Waals surface area contributed by atoms with Crippen LogP contribution in [0.25, 0.3) is 0 Å². The van der Waals surface area contributed by atoms with Gasteiger partial charge in [-0.05, 0) is 84.0 Å². The molecule has 1 aliphatic rings. The van der Waals surface area contributed by atoms with Crippen LogP contribution < -0.4 is 10.0 Å². The first-order chi connectivity index (χ1) is 14.9. The lowest BCUT2D eigenvalue weighted by atomic mass is 9.74. The van der Waals surface area contributed by atoms with Crippen LogP contribution in [0.2, 0.25) is 0 Å². The Kier molecular flexibility index (Phi) is 12.3. The average molecular weight is 465 g/mol. The van der Waals surface area contributed by atoms with Crippen molar-refractivity contribution in [3.63, 3.8) is 0 Å². The highest BCUT2D eigenvalue weighted by atomic mass is 32.2. The van der Waals surface area contributed by atoms with E-state index in [4.69, 9.17) is 0 Å². The van der Waals surface area contributed by atoms with Gasteiger partial charge in [0.05, 0.1) is 12.1 Å². The lowest BCUT2D eigenvalue weighted by Gasteiger charge is -2.32. The summed E-state index contributed by atoms with van der Waals surface area (Å²) < 4.78 is 15.1. The van der Waals surface area contributed by atoms with E-state index < -0.39 is 11.4 Å². The Morgan fingerprint density at radius 3 is 2.16 bits per heavy atom. The normalized spacial score (nSPS) is 26.0. The molecule has 0 aromatic carbocycles. The molecule has 1 aliphatic carbocycles. The van der Waals surface area contributed by atoms with Crippen LogP contribution in [0.5, 0.6) is 0 Å². The Morgan fingerprint density at radius 1 is 1.09 bits per heavy atom. The van der Waals surface area contributed by atoms with Crippen molar-refractivity contribution in [3.8, 4) is 0 Å². The predicted octanol–water partition coefficient (Wildman–Crippen LogP) is 6.09. The summed E-state index contributed by atoms with van der Waals surface area (Å²) in [6.07, 6.45) is 12.0. The second-order valence-electron chi connectivity index (χ2n) is 11.0. The zero-order valence-corrected chi connectivity index (χ0v) is 22.4. The van der Waals surface area contributed by atoms with E-state index in [9.17, 15) is 9.35 Å². The maximum Gasteiger partial charge on any atom is 0.223 e. The highest BCUT2D eigenvalue weighted by Crippen LogP contribution is 2.36. The summed E-state index contributed by atoms with van der Waals surface area (Å²) in [5.74, 6) is 2.15. The molecule has 0 saturated heterocycles. The third kappa shape index (κ3) is 10.3. The van der Waals surface area contributed by atoms with Gasteiger partial charge >= 0.3 is 0 Å². The summed E-state index contributed by atoms with van der Waals surface area (Å²) in [4.78, 5) is 12.7. The fourth-order valence-electron chi connectivity index (χ4n) is 4.44. The summed E-state index contributed by atoms with van der Waals surface area (Å²) in [7, 11) is 0. The largest absolute Gasteiger partial charge is 0.598 e. The lowest BCUT2D eigenvalue weighted by molar-refractivity contribution is -0.125. The van der Waals surface area contributed by atoms with Crippen molar-refractivity contribution in [2.24, 2.45) is 23.7 Å². The van der Waals surface area contributed by atoms with Gasteiger partial charge in [-0.3, -0.25) is 4.79 Å². The Hall–Kier alpha value is -1.04. The minimum absolute atomic E-state index is 0.0422. The van der Waals surface area contributed by atoms with E-state index in [2.05, 4.69) is 50.0 Å². The van der Waals surface area contributed by atoms with Gasteiger partial charge in [0.2, 0.25) is 5.91 Å². The summed E-state index contributed by atoms with van der Waals surface area (Å²) in [6, 6.07) is -0.133. The second kappa shape index (κ2) is 13.6. The van der Waals surface area contributed by atoms with Crippen molar-refractivity contribution >= 4 is 17.3 Å². The number of nitrogens with one attached hydrogen (secondary N) is 2. The topological polar surface area (TPSA) is 64.2 Å². The fraction of sp³-hybridized carbons (Fsp3) is 0.741. The van der Waals surface area contributed by atoms with E-state index in [1.54, 1.807) is 6.08 Å². The van der Waals surface area contributed by atoms with E-state index in [0.717, 1.165) is 24.7 Å². The molecule has 0 heterocycles. The van der Waals surface area contributed by atoms with Crippen molar-refractivity contribution in [1.29, 1.82) is 0 Å². The molecule has 0 aromatic rings. The van der Waals surface area contributed by atoms with Gasteiger partial charge in [0.15, 0.2) is 0 Å². The van der Waals surface area contributed by atoms with E-state index >= 15 is 0 Å². The molecule has 1 rings (SSSR count). The van der Waals surface area contributed by atoms with E-state index in [1.807, 2.05) is 33.8 Å². The highest BCUT2D eigenvalue weighted by molar-refractivity contribution is 7.90. The van der Waals surface area contributed by atoms with Crippen molar-refractivity contribution in [2.45, 2.75) is 104 Å². The fourth-order valence-corrected chi connectivity index (χ4v) is 5.28. The van der Waals surface area contributed by atoms with E-state index in [1.165, 1.54) is 24.8 Å². The van der Waals surface area contributed by atoms with Crippen molar-refractivity contribution in [3.05, 3.63) is 37.0 Å². The Morgan fingerprint density at radius 2 is 1.66 bits per heavy atom. The van der Waals surface area contributed by atoms with Gasteiger partial charge in [-0.2, -0.15) is 0 Å². The van der Waals surface area contributed by atoms with Gasteiger partial charge < -0.3 is 9.87 Å². The molecule has 6 unspecified atom stereocenters. The standard InChI is InChI=1S/C27H48N2O2S/c1-10-24(14-12-21(5)23-17-19(3)16-20(4)18-23)28-26(30)22(6)13-15-25(11-2)29-32(31)27(7,8)9/h10-12,19-20,22-25,29H,1-2,13-18H2,3-9H3,(H,28,30)/b21-12+. The molecule has 0 aromatic heterocycles. The molecular weight excluding hydrogens is 416 g/mol. The zero-order chi connectivity index (χ0) is 24.5. The van der Waals surface area contributed by atoms with Crippen LogP contribution in [0.15, 0.2) is 37.0 Å². The summed E-state index contributed by atoms with van der Waals surface area (Å²) in [5, 5.41) is 3.14. The van der Waals surface area contributed by atoms with Crippen molar-refractivity contribution in [1.82, 2.24) is 10.0 Å². The number of amides is 1. The van der Waals surface area contributed by atoms with Crippen LogP contribution in [-0.4, -0.2) is 27.3 Å². The summed E-state index contributed by atoms with van der Waals surface area (Å²) in [6.45, 7) is 22.5. The molecule has 0 radical (unpaired) electrons. The molecule has 0 bridgehead atoms. The molecular formula is C27H48N2O2S.